The largest absolute Gasteiger partial charge is 0.495 e. The molecular weight excluding hydrogens is 302 g/mol. The third kappa shape index (κ3) is 4.75. The second-order valence-corrected chi connectivity index (χ2v) is 5.40. The molecule has 2 N–H and O–H groups in total. The molecule has 0 atom stereocenters. The normalized spacial score (nSPS) is 10.6. The van der Waals surface area contributed by atoms with Gasteiger partial charge in [-0.1, -0.05) is 11.6 Å². The number of methoxy groups -OCH3 is 1. The Morgan fingerprint density at radius 3 is 2.82 bits per heavy atom. The van der Waals surface area contributed by atoms with Gasteiger partial charge in [0.05, 0.1) is 12.8 Å². The van der Waals surface area contributed by atoms with Crippen LogP contribution in [0.3, 0.4) is 0 Å². The van der Waals surface area contributed by atoms with Crippen LogP contribution in [0.5, 0.6) is 5.75 Å². The maximum Gasteiger partial charge on any atom is 0.229 e. The van der Waals surface area contributed by atoms with E-state index in [1.165, 1.54) is 0 Å². The average Bonchev–Trinajstić information content (AvgIpc) is 2.47. The summed E-state index contributed by atoms with van der Waals surface area (Å²) in [5, 5.41) is 6.99. The number of likely N-dealkylation sites (N-methyl/N-ethyl adjacent to an activating group) is 1. The van der Waals surface area contributed by atoms with Crippen LogP contribution >= 0.6 is 11.6 Å². The van der Waals surface area contributed by atoms with Gasteiger partial charge in [-0.2, -0.15) is 4.98 Å². The minimum atomic E-state index is 0.482. The number of anilines is 3. The second-order valence-electron chi connectivity index (χ2n) is 4.97. The predicted molar refractivity (Wildman–Crippen MR) is 90.4 cm³/mol. The zero-order valence-electron chi connectivity index (χ0n) is 12.9. The predicted octanol–water partition coefficient (Wildman–Crippen LogP) is 2.86. The third-order valence-electron chi connectivity index (χ3n) is 2.93. The molecule has 0 fully saturated rings. The number of halogens is 1. The smallest absolute Gasteiger partial charge is 0.229 e. The molecule has 1 aromatic heterocycles. The molecule has 0 spiro atoms. The summed E-state index contributed by atoms with van der Waals surface area (Å²) in [7, 11) is 5.66. The van der Waals surface area contributed by atoms with E-state index in [0.717, 1.165) is 24.6 Å². The molecule has 2 rings (SSSR count). The van der Waals surface area contributed by atoms with E-state index in [1.54, 1.807) is 31.5 Å². The van der Waals surface area contributed by atoms with Gasteiger partial charge in [0.15, 0.2) is 0 Å². The fraction of sp³-hybridized carbons (Fsp3) is 0.333. The third-order valence-corrected chi connectivity index (χ3v) is 3.16. The summed E-state index contributed by atoms with van der Waals surface area (Å²) in [6.07, 6.45) is 1.70. The quantitative estimate of drug-likeness (QED) is 0.817. The van der Waals surface area contributed by atoms with Gasteiger partial charge in [-0.15, -0.1) is 0 Å². The van der Waals surface area contributed by atoms with Crippen molar-refractivity contribution < 1.29 is 4.74 Å². The lowest BCUT2D eigenvalue weighted by molar-refractivity contribution is 0.417. The Hall–Kier alpha value is -2.05. The highest BCUT2D eigenvalue weighted by molar-refractivity contribution is 6.30. The van der Waals surface area contributed by atoms with Gasteiger partial charge in [-0.05, 0) is 38.4 Å². The number of hydrogen-bond acceptors (Lipinski definition) is 6. The Bertz CT molecular complexity index is 621. The van der Waals surface area contributed by atoms with Crippen LogP contribution in [0.15, 0.2) is 30.5 Å². The molecule has 1 aromatic carbocycles. The summed E-state index contributed by atoms with van der Waals surface area (Å²) < 4.78 is 5.30. The Labute approximate surface area is 135 Å². The first kappa shape index (κ1) is 16.3. The monoisotopic (exact) mass is 321 g/mol. The minimum absolute atomic E-state index is 0.482. The molecule has 6 nitrogen and oxygen atoms in total. The Morgan fingerprint density at radius 2 is 2.09 bits per heavy atom. The highest BCUT2D eigenvalue weighted by atomic mass is 35.5. The Morgan fingerprint density at radius 1 is 1.27 bits per heavy atom. The van der Waals surface area contributed by atoms with Crippen molar-refractivity contribution in [1.29, 1.82) is 0 Å². The van der Waals surface area contributed by atoms with Gasteiger partial charge in [-0.25, -0.2) is 4.98 Å². The van der Waals surface area contributed by atoms with E-state index in [0.29, 0.717) is 16.7 Å². The Kier molecular flexibility index (Phi) is 5.80. The lowest BCUT2D eigenvalue weighted by Gasteiger charge is -2.13. The number of nitrogens with zero attached hydrogens (tertiary/aromatic N) is 3. The summed E-state index contributed by atoms with van der Waals surface area (Å²) in [5.74, 6) is 1.93. The van der Waals surface area contributed by atoms with Crippen LogP contribution in [-0.2, 0) is 0 Å². The lowest BCUT2D eigenvalue weighted by Crippen LogP contribution is -2.21. The summed E-state index contributed by atoms with van der Waals surface area (Å²) in [6.45, 7) is 1.73. The zero-order valence-corrected chi connectivity index (χ0v) is 13.7. The van der Waals surface area contributed by atoms with Crippen molar-refractivity contribution in [2.24, 2.45) is 0 Å². The van der Waals surface area contributed by atoms with E-state index in [2.05, 4.69) is 25.5 Å². The molecular formula is C15H20ClN5O. The highest BCUT2D eigenvalue weighted by Crippen LogP contribution is 2.29. The van der Waals surface area contributed by atoms with Crippen LogP contribution in [0.1, 0.15) is 0 Å². The van der Waals surface area contributed by atoms with Crippen molar-refractivity contribution in [3.8, 4) is 5.75 Å². The fourth-order valence-electron chi connectivity index (χ4n) is 1.82. The van der Waals surface area contributed by atoms with E-state index >= 15 is 0 Å². The number of rotatable bonds is 7. The highest BCUT2D eigenvalue weighted by Gasteiger charge is 2.06. The van der Waals surface area contributed by atoms with E-state index < -0.39 is 0 Å². The zero-order chi connectivity index (χ0) is 15.9. The molecule has 0 unspecified atom stereocenters. The lowest BCUT2D eigenvalue weighted by atomic mass is 10.3. The van der Waals surface area contributed by atoms with Gasteiger partial charge in [0.2, 0.25) is 5.95 Å². The van der Waals surface area contributed by atoms with Gasteiger partial charge < -0.3 is 20.3 Å². The van der Waals surface area contributed by atoms with Crippen LogP contribution in [0.4, 0.5) is 17.5 Å². The van der Waals surface area contributed by atoms with E-state index in [1.807, 2.05) is 20.2 Å². The van der Waals surface area contributed by atoms with Crippen LogP contribution in [-0.4, -0.2) is 49.2 Å². The molecule has 0 saturated heterocycles. The summed E-state index contributed by atoms with van der Waals surface area (Å²) >= 11 is 6.02. The first-order valence-electron chi connectivity index (χ1n) is 6.90. The molecule has 0 radical (unpaired) electrons. The number of ether oxygens (including phenoxy) is 1. The van der Waals surface area contributed by atoms with Crippen molar-refractivity contribution in [2.75, 3.05) is 44.9 Å². The molecule has 0 aliphatic rings. The number of hydrogen-bond donors (Lipinski definition) is 2. The van der Waals surface area contributed by atoms with Crippen molar-refractivity contribution in [2.45, 2.75) is 0 Å². The van der Waals surface area contributed by atoms with Gasteiger partial charge in [-0.3, -0.25) is 0 Å². The molecule has 118 valence electrons. The van der Waals surface area contributed by atoms with Gasteiger partial charge >= 0.3 is 0 Å². The second kappa shape index (κ2) is 7.82. The van der Waals surface area contributed by atoms with Crippen molar-refractivity contribution >= 4 is 29.1 Å². The molecule has 22 heavy (non-hydrogen) atoms. The van der Waals surface area contributed by atoms with Crippen LogP contribution in [0.25, 0.3) is 0 Å². The summed E-state index contributed by atoms with van der Waals surface area (Å²) in [4.78, 5) is 10.7. The van der Waals surface area contributed by atoms with Crippen LogP contribution < -0.4 is 15.4 Å². The van der Waals surface area contributed by atoms with Gasteiger partial charge in [0, 0.05) is 24.3 Å². The Balaban J connectivity index is 2.08. The number of nitrogens with one attached hydrogen (secondary N) is 2. The molecule has 0 aliphatic heterocycles. The topological polar surface area (TPSA) is 62.3 Å². The summed E-state index contributed by atoms with van der Waals surface area (Å²) in [5.41, 5.74) is 0.723. The van der Waals surface area contributed by atoms with Crippen molar-refractivity contribution in [3.05, 3.63) is 35.5 Å². The average molecular weight is 322 g/mol. The summed E-state index contributed by atoms with van der Waals surface area (Å²) in [6, 6.07) is 7.17. The molecule has 1 heterocycles. The van der Waals surface area contributed by atoms with Crippen LogP contribution in [0.2, 0.25) is 5.02 Å². The van der Waals surface area contributed by atoms with Crippen molar-refractivity contribution in [3.63, 3.8) is 0 Å². The maximum absolute atomic E-state index is 6.02. The minimum Gasteiger partial charge on any atom is -0.495 e. The van der Waals surface area contributed by atoms with Gasteiger partial charge in [0.25, 0.3) is 0 Å². The maximum atomic E-state index is 6.02. The molecule has 0 bridgehead atoms. The molecule has 2 aromatic rings. The van der Waals surface area contributed by atoms with E-state index in [9.17, 15) is 0 Å². The van der Waals surface area contributed by atoms with Gasteiger partial charge in [0.1, 0.15) is 11.6 Å². The first-order chi connectivity index (χ1) is 10.6. The first-order valence-corrected chi connectivity index (χ1v) is 7.28. The number of benzene rings is 1. The molecule has 0 amide bonds. The SMILES string of the molecule is COc1ccc(Cl)cc1Nc1nccc(NCCN(C)C)n1. The fourth-order valence-corrected chi connectivity index (χ4v) is 2.00. The van der Waals surface area contributed by atoms with Crippen molar-refractivity contribution in [1.82, 2.24) is 14.9 Å². The molecule has 0 saturated carbocycles. The van der Waals surface area contributed by atoms with E-state index in [4.69, 9.17) is 16.3 Å². The van der Waals surface area contributed by atoms with Crippen LogP contribution in [0, 0.1) is 0 Å². The number of aromatic nitrogens is 2. The van der Waals surface area contributed by atoms with E-state index in [-0.39, 0.29) is 0 Å². The standard InChI is InChI=1S/C15H20ClN5O/c1-21(2)9-8-17-14-6-7-18-15(20-14)19-12-10-11(16)4-5-13(12)22-3/h4-7,10H,8-9H2,1-3H3,(H2,17,18,19,20). The molecule has 7 heteroatoms. The molecule has 0 aliphatic carbocycles.